The molecule has 0 aromatic carbocycles. The minimum Gasteiger partial charge on any atom is -0.462 e. The van der Waals surface area contributed by atoms with Crippen molar-refractivity contribution < 1.29 is 33.4 Å². The smallest absolute Gasteiger partial charge is 0.314 e. The van der Waals surface area contributed by atoms with E-state index >= 15 is 0 Å². The summed E-state index contributed by atoms with van der Waals surface area (Å²) in [7, 11) is 0. The van der Waals surface area contributed by atoms with Crippen LogP contribution in [0.5, 0.6) is 0 Å². The predicted molar refractivity (Wildman–Crippen MR) is 74.8 cm³/mol. The summed E-state index contributed by atoms with van der Waals surface area (Å²) in [6, 6.07) is -0.0472. The second-order valence-electron chi connectivity index (χ2n) is 6.15. The molecule has 0 aromatic rings. The molecule has 5 atom stereocenters. The van der Waals surface area contributed by atoms with Gasteiger partial charge in [-0.2, -0.15) is 5.06 Å². The highest BCUT2D eigenvalue weighted by atomic mass is 16.7. The van der Waals surface area contributed by atoms with E-state index in [-0.39, 0.29) is 18.6 Å². The lowest BCUT2D eigenvalue weighted by molar-refractivity contribution is -0.231. The summed E-state index contributed by atoms with van der Waals surface area (Å²) >= 11 is 0. The standard InChI is InChI=1S/C15H21NO7/c1-8(17)20-7-11-13(21-9(2)18)14-12(15(19)22-11)10-5-3-4-6-16(10)23-14/h10-14H,3-7H2,1-2H3/t10-,11-,12-,13+,14+/m1/s1. The molecule has 3 rings (SSSR count). The molecule has 0 aliphatic carbocycles. The minimum absolute atomic E-state index is 0.0472. The summed E-state index contributed by atoms with van der Waals surface area (Å²) in [5, 5.41) is 1.81. The van der Waals surface area contributed by atoms with E-state index in [4.69, 9.17) is 19.0 Å². The number of cyclic esters (lactones) is 1. The molecule has 0 aromatic heterocycles. The van der Waals surface area contributed by atoms with Gasteiger partial charge in [0.1, 0.15) is 18.6 Å². The molecule has 3 fully saturated rings. The molecular formula is C15H21NO7. The number of piperidine rings is 1. The number of hydrogen-bond donors (Lipinski definition) is 0. The Morgan fingerprint density at radius 1 is 1.26 bits per heavy atom. The first-order valence-corrected chi connectivity index (χ1v) is 7.92. The molecule has 3 aliphatic heterocycles. The number of carbonyl (C=O) groups excluding carboxylic acids is 3. The quantitative estimate of drug-likeness (QED) is 0.536. The zero-order chi connectivity index (χ0) is 16.6. The van der Waals surface area contributed by atoms with Crippen LogP contribution in [0.3, 0.4) is 0 Å². The third-order valence-corrected chi connectivity index (χ3v) is 4.51. The second kappa shape index (κ2) is 6.45. The summed E-state index contributed by atoms with van der Waals surface area (Å²) in [4.78, 5) is 40.8. The maximum absolute atomic E-state index is 12.4. The number of hydroxylamine groups is 2. The van der Waals surface area contributed by atoms with Gasteiger partial charge in [-0.3, -0.25) is 19.2 Å². The van der Waals surface area contributed by atoms with Crippen LogP contribution in [0, 0.1) is 5.92 Å². The van der Waals surface area contributed by atoms with Crippen molar-refractivity contribution in [3.8, 4) is 0 Å². The van der Waals surface area contributed by atoms with Gasteiger partial charge >= 0.3 is 17.9 Å². The van der Waals surface area contributed by atoms with Gasteiger partial charge in [0.05, 0.1) is 6.04 Å². The number of ether oxygens (including phenoxy) is 3. The van der Waals surface area contributed by atoms with E-state index in [1.807, 2.05) is 5.06 Å². The summed E-state index contributed by atoms with van der Waals surface area (Å²) < 4.78 is 15.7. The molecule has 0 radical (unpaired) electrons. The summed E-state index contributed by atoms with van der Waals surface area (Å²) in [5.74, 6) is -1.85. The van der Waals surface area contributed by atoms with Crippen LogP contribution in [0.4, 0.5) is 0 Å². The monoisotopic (exact) mass is 327 g/mol. The average molecular weight is 327 g/mol. The van der Waals surface area contributed by atoms with Gasteiger partial charge < -0.3 is 14.2 Å². The summed E-state index contributed by atoms with van der Waals surface area (Å²) in [5.41, 5.74) is 0. The van der Waals surface area contributed by atoms with Crippen molar-refractivity contribution in [2.24, 2.45) is 5.92 Å². The van der Waals surface area contributed by atoms with Crippen molar-refractivity contribution in [3.05, 3.63) is 0 Å². The number of carbonyl (C=O) groups is 3. The lowest BCUT2D eigenvalue weighted by atomic mass is 9.84. The fourth-order valence-electron chi connectivity index (χ4n) is 3.59. The fraction of sp³-hybridized carbons (Fsp3) is 0.800. The van der Waals surface area contributed by atoms with Gasteiger partial charge in [-0.05, 0) is 12.8 Å². The Morgan fingerprint density at radius 2 is 2.04 bits per heavy atom. The molecule has 3 heterocycles. The molecule has 0 N–H and O–H groups in total. The van der Waals surface area contributed by atoms with Crippen LogP contribution in [0.25, 0.3) is 0 Å². The molecule has 0 amide bonds. The number of fused-ring (bicyclic) bond motifs is 3. The average Bonchev–Trinajstić information content (AvgIpc) is 2.88. The topological polar surface area (TPSA) is 91.4 Å². The first kappa shape index (κ1) is 16.2. The van der Waals surface area contributed by atoms with Gasteiger partial charge in [0.25, 0.3) is 0 Å². The first-order chi connectivity index (χ1) is 11.0. The van der Waals surface area contributed by atoms with E-state index in [9.17, 15) is 14.4 Å². The maximum atomic E-state index is 12.4. The van der Waals surface area contributed by atoms with Crippen LogP contribution < -0.4 is 0 Å². The molecule has 3 aliphatic rings. The Morgan fingerprint density at radius 3 is 2.74 bits per heavy atom. The molecule has 0 bridgehead atoms. The van der Waals surface area contributed by atoms with Crippen LogP contribution in [0.2, 0.25) is 0 Å². The third kappa shape index (κ3) is 3.18. The number of hydrogen-bond acceptors (Lipinski definition) is 8. The van der Waals surface area contributed by atoms with Crippen molar-refractivity contribution in [1.82, 2.24) is 5.06 Å². The highest BCUT2D eigenvalue weighted by Gasteiger charge is 2.58. The molecule has 0 saturated carbocycles. The number of rotatable bonds is 3. The van der Waals surface area contributed by atoms with Crippen molar-refractivity contribution in [2.45, 2.75) is 57.5 Å². The second-order valence-corrected chi connectivity index (χ2v) is 6.15. The van der Waals surface area contributed by atoms with E-state index in [1.165, 1.54) is 13.8 Å². The Bertz CT molecular complexity index is 508. The van der Waals surface area contributed by atoms with Gasteiger partial charge in [-0.15, -0.1) is 0 Å². The number of esters is 3. The largest absolute Gasteiger partial charge is 0.462 e. The normalized spacial score (nSPS) is 36.6. The van der Waals surface area contributed by atoms with Crippen LogP contribution >= 0.6 is 0 Å². The first-order valence-electron chi connectivity index (χ1n) is 7.92. The SMILES string of the molecule is CC(=O)OC[C@H]1OC(=O)[C@H]2[C@H](ON3CCCC[C@H]23)[C@H]1OC(C)=O. The van der Waals surface area contributed by atoms with Gasteiger partial charge in [0, 0.05) is 20.4 Å². The van der Waals surface area contributed by atoms with Crippen LogP contribution in [0.15, 0.2) is 0 Å². The van der Waals surface area contributed by atoms with E-state index in [0.29, 0.717) is 0 Å². The van der Waals surface area contributed by atoms with Gasteiger partial charge in [0.15, 0.2) is 12.2 Å². The van der Waals surface area contributed by atoms with E-state index in [2.05, 4.69) is 0 Å². The van der Waals surface area contributed by atoms with Crippen molar-refractivity contribution in [1.29, 1.82) is 0 Å². The van der Waals surface area contributed by atoms with E-state index in [0.717, 1.165) is 25.8 Å². The third-order valence-electron chi connectivity index (χ3n) is 4.51. The highest BCUT2D eigenvalue weighted by molar-refractivity contribution is 5.76. The van der Waals surface area contributed by atoms with Crippen LogP contribution in [-0.4, -0.2) is 60.5 Å². The molecule has 8 nitrogen and oxygen atoms in total. The molecule has 8 heteroatoms. The minimum atomic E-state index is -0.849. The Labute approximate surface area is 133 Å². The lowest BCUT2D eigenvalue weighted by Crippen LogP contribution is -2.56. The summed E-state index contributed by atoms with van der Waals surface area (Å²) in [6.45, 7) is 3.14. The van der Waals surface area contributed by atoms with E-state index < -0.39 is 36.2 Å². The summed E-state index contributed by atoms with van der Waals surface area (Å²) in [6.07, 6.45) is 0.648. The Kier molecular flexibility index (Phi) is 4.54. The fourth-order valence-corrected chi connectivity index (χ4v) is 3.59. The molecular weight excluding hydrogens is 306 g/mol. The van der Waals surface area contributed by atoms with Crippen molar-refractivity contribution >= 4 is 17.9 Å². The molecule has 23 heavy (non-hydrogen) atoms. The van der Waals surface area contributed by atoms with Crippen molar-refractivity contribution in [3.63, 3.8) is 0 Å². The lowest BCUT2D eigenvalue weighted by Gasteiger charge is -2.37. The van der Waals surface area contributed by atoms with Gasteiger partial charge in [-0.1, -0.05) is 6.42 Å². The van der Waals surface area contributed by atoms with Gasteiger partial charge in [-0.25, -0.2) is 0 Å². The van der Waals surface area contributed by atoms with Crippen LogP contribution in [-0.2, 0) is 33.4 Å². The van der Waals surface area contributed by atoms with Gasteiger partial charge in [0.2, 0.25) is 0 Å². The Hall–Kier alpha value is -1.67. The Balaban J connectivity index is 1.81. The molecule has 128 valence electrons. The highest BCUT2D eigenvalue weighted by Crippen LogP contribution is 2.41. The molecule has 3 saturated heterocycles. The molecule has 0 spiro atoms. The zero-order valence-electron chi connectivity index (χ0n) is 13.2. The van der Waals surface area contributed by atoms with E-state index in [1.54, 1.807) is 0 Å². The maximum Gasteiger partial charge on any atom is 0.314 e. The molecule has 0 unspecified atom stereocenters. The van der Waals surface area contributed by atoms with Crippen LogP contribution in [0.1, 0.15) is 33.1 Å². The van der Waals surface area contributed by atoms with Crippen molar-refractivity contribution in [2.75, 3.05) is 13.2 Å². The zero-order valence-corrected chi connectivity index (χ0v) is 13.2. The predicted octanol–water partition coefficient (Wildman–Crippen LogP) is 0.191. The number of nitrogens with zero attached hydrogens (tertiary/aromatic N) is 1.